The lowest BCUT2D eigenvalue weighted by molar-refractivity contribution is -0.148. The zero-order chi connectivity index (χ0) is 11.1. The van der Waals surface area contributed by atoms with Gasteiger partial charge >= 0.3 is 5.97 Å². The zero-order valence-corrected chi connectivity index (χ0v) is 7.98. The highest BCUT2D eigenvalue weighted by Crippen LogP contribution is 2.43. The number of halogens is 1. The number of aliphatic carboxylic acids is 1. The minimum Gasteiger partial charge on any atom is -0.481 e. The third kappa shape index (κ3) is 1.39. The predicted molar refractivity (Wildman–Crippen MR) is 50.7 cm³/mol. The monoisotopic (exact) mass is 210 g/mol. The molecule has 15 heavy (non-hydrogen) atoms. The van der Waals surface area contributed by atoms with Crippen molar-refractivity contribution in [3.63, 3.8) is 0 Å². The maximum atomic E-state index is 13.4. The molecule has 1 aromatic heterocycles. The predicted octanol–water partition coefficient (Wildman–Crippen LogP) is 0.664. The molecule has 0 spiro atoms. The number of nitrogens with two attached hydrogens (primary N) is 1. The standard InChI is InChI=1S/C10H11FN2O2/c11-8-7(2-1-3-13-8)10(9(14)15)4-6(12)5-10/h1-3,6H,4-5,12H2,(H,14,15). The highest BCUT2D eigenvalue weighted by Gasteiger charge is 2.52. The van der Waals surface area contributed by atoms with Gasteiger partial charge < -0.3 is 10.8 Å². The van der Waals surface area contributed by atoms with E-state index in [2.05, 4.69) is 4.98 Å². The minimum atomic E-state index is -1.17. The smallest absolute Gasteiger partial charge is 0.314 e. The van der Waals surface area contributed by atoms with Crippen LogP contribution in [0.25, 0.3) is 0 Å². The van der Waals surface area contributed by atoms with Gasteiger partial charge in [0.15, 0.2) is 0 Å². The van der Waals surface area contributed by atoms with E-state index in [-0.39, 0.29) is 24.4 Å². The third-order valence-corrected chi connectivity index (χ3v) is 2.91. The lowest BCUT2D eigenvalue weighted by Gasteiger charge is -2.42. The summed E-state index contributed by atoms with van der Waals surface area (Å²) >= 11 is 0. The molecule has 3 N–H and O–H groups in total. The molecule has 0 atom stereocenters. The second kappa shape index (κ2) is 3.27. The summed E-state index contributed by atoms with van der Waals surface area (Å²) in [6, 6.07) is 2.83. The second-order valence-electron chi connectivity index (χ2n) is 3.90. The van der Waals surface area contributed by atoms with Gasteiger partial charge in [0.05, 0.1) is 0 Å². The number of aromatic nitrogens is 1. The third-order valence-electron chi connectivity index (χ3n) is 2.91. The number of nitrogens with zero attached hydrogens (tertiary/aromatic N) is 1. The molecule has 80 valence electrons. The van der Waals surface area contributed by atoms with E-state index in [0.29, 0.717) is 0 Å². The van der Waals surface area contributed by atoms with Gasteiger partial charge in [-0.25, -0.2) is 4.98 Å². The topological polar surface area (TPSA) is 76.2 Å². The van der Waals surface area contributed by atoms with Crippen molar-refractivity contribution in [3.05, 3.63) is 29.8 Å². The Kier molecular flexibility index (Phi) is 2.19. The maximum Gasteiger partial charge on any atom is 0.314 e. The van der Waals surface area contributed by atoms with Crippen molar-refractivity contribution in [1.82, 2.24) is 4.98 Å². The van der Waals surface area contributed by atoms with Crippen LogP contribution in [-0.4, -0.2) is 22.1 Å². The lowest BCUT2D eigenvalue weighted by Crippen LogP contribution is -2.54. The van der Waals surface area contributed by atoms with Crippen molar-refractivity contribution in [2.45, 2.75) is 24.3 Å². The SMILES string of the molecule is NC1CC(C(=O)O)(c2cccnc2F)C1. The van der Waals surface area contributed by atoms with E-state index in [9.17, 15) is 9.18 Å². The molecule has 0 aromatic carbocycles. The van der Waals surface area contributed by atoms with Crippen LogP contribution < -0.4 is 5.73 Å². The highest BCUT2D eigenvalue weighted by molar-refractivity contribution is 5.83. The lowest BCUT2D eigenvalue weighted by atomic mass is 9.62. The van der Waals surface area contributed by atoms with Crippen molar-refractivity contribution < 1.29 is 14.3 Å². The fourth-order valence-electron chi connectivity index (χ4n) is 2.09. The number of carboxylic acids is 1. The van der Waals surface area contributed by atoms with Crippen LogP contribution in [0.3, 0.4) is 0 Å². The highest BCUT2D eigenvalue weighted by atomic mass is 19.1. The Morgan fingerprint density at radius 2 is 2.33 bits per heavy atom. The summed E-state index contributed by atoms with van der Waals surface area (Å²) in [5.41, 5.74) is 4.54. The fraction of sp³-hybridized carbons (Fsp3) is 0.400. The molecule has 5 heteroatoms. The van der Waals surface area contributed by atoms with Crippen LogP contribution in [0.5, 0.6) is 0 Å². The van der Waals surface area contributed by atoms with Crippen molar-refractivity contribution in [1.29, 1.82) is 0 Å². The zero-order valence-electron chi connectivity index (χ0n) is 7.98. The average Bonchev–Trinajstić information content (AvgIpc) is 2.13. The summed E-state index contributed by atoms with van der Waals surface area (Å²) < 4.78 is 13.4. The first-order chi connectivity index (χ1) is 7.06. The van der Waals surface area contributed by atoms with E-state index in [0.717, 1.165) is 0 Å². The minimum absolute atomic E-state index is 0.138. The number of carboxylic acid groups (broad SMARTS) is 1. The Labute approximate surface area is 85.9 Å². The van der Waals surface area contributed by atoms with Crippen LogP contribution in [0.4, 0.5) is 4.39 Å². The Morgan fingerprint density at radius 3 is 2.80 bits per heavy atom. The number of carbonyl (C=O) groups is 1. The molecule has 0 unspecified atom stereocenters. The molecule has 2 rings (SSSR count). The van der Waals surface area contributed by atoms with Gasteiger partial charge in [-0.3, -0.25) is 4.79 Å². The van der Waals surface area contributed by atoms with Gasteiger partial charge in [-0.05, 0) is 18.9 Å². The van der Waals surface area contributed by atoms with Gasteiger partial charge in [0.1, 0.15) is 5.41 Å². The molecule has 0 radical (unpaired) electrons. The van der Waals surface area contributed by atoms with Crippen molar-refractivity contribution >= 4 is 5.97 Å². The molecule has 1 aliphatic rings. The average molecular weight is 210 g/mol. The van der Waals surface area contributed by atoms with E-state index in [1.54, 1.807) is 0 Å². The summed E-state index contributed by atoms with van der Waals surface area (Å²) in [6.45, 7) is 0. The largest absolute Gasteiger partial charge is 0.481 e. The maximum absolute atomic E-state index is 13.4. The molecular weight excluding hydrogens is 199 g/mol. The van der Waals surface area contributed by atoms with Crippen molar-refractivity contribution in [2.24, 2.45) is 5.73 Å². The van der Waals surface area contributed by atoms with E-state index < -0.39 is 17.3 Å². The molecule has 1 fully saturated rings. The summed E-state index contributed by atoms with van der Waals surface area (Å²) in [7, 11) is 0. The summed E-state index contributed by atoms with van der Waals surface area (Å²) in [6.07, 6.45) is 1.84. The van der Waals surface area contributed by atoms with Crippen LogP contribution in [-0.2, 0) is 10.2 Å². The molecule has 0 aliphatic heterocycles. The number of hydrogen-bond acceptors (Lipinski definition) is 3. The molecular formula is C10H11FN2O2. The summed E-state index contributed by atoms with van der Waals surface area (Å²) in [5.74, 6) is -1.75. The Bertz CT molecular complexity index is 402. The van der Waals surface area contributed by atoms with Crippen LogP contribution in [0, 0.1) is 5.95 Å². The van der Waals surface area contributed by atoms with Gasteiger partial charge in [0.2, 0.25) is 5.95 Å². The van der Waals surface area contributed by atoms with Crippen LogP contribution in [0.2, 0.25) is 0 Å². The second-order valence-corrected chi connectivity index (χ2v) is 3.90. The van der Waals surface area contributed by atoms with E-state index in [1.165, 1.54) is 18.3 Å². The Balaban J connectivity index is 2.43. The molecule has 0 bridgehead atoms. The molecule has 4 nitrogen and oxygen atoms in total. The van der Waals surface area contributed by atoms with Gasteiger partial charge in [-0.2, -0.15) is 4.39 Å². The Morgan fingerprint density at radius 1 is 1.67 bits per heavy atom. The van der Waals surface area contributed by atoms with Gasteiger partial charge in [-0.1, -0.05) is 6.07 Å². The molecule has 1 saturated carbocycles. The summed E-state index contributed by atoms with van der Waals surface area (Å²) in [4.78, 5) is 14.6. The van der Waals surface area contributed by atoms with E-state index in [1.807, 2.05) is 0 Å². The molecule has 1 aliphatic carbocycles. The van der Waals surface area contributed by atoms with Crippen molar-refractivity contribution in [3.8, 4) is 0 Å². The molecule has 1 aromatic rings. The normalized spacial score (nSPS) is 29.6. The fourth-order valence-corrected chi connectivity index (χ4v) is 2.09. The van der Waals surface area contributed by atoms with Crippen LogP contribution in [0.15, 0.2) is 18.3 Å². The van der Waals surface area contributed by atoms with E-state index >= 15 is 0 Å². The molecule has 1 heterocycles. The number of rotatable bonds is 2. The Hall–Kier alpha value is -1.49. The first kappa shape index (κ1) is 10.0. The van der Waals surface area contributed by atoms with Crippen LogP contribution >= 0.6 is 0 Å². The van der Waals surface area contributed by atoms with Gasteiger partial charge in [0, 0.05) is 17.8 Å². The number of pyridine rings is 1. The van der Waals surface area contributed by atoms with Gasteiger partial charge in [0.25, 0.3) is 0 Å². The molecule has 0 amide bonds. The summed E-state index contributed by atoms with van der Waals surface area (Å²) in [5, 5.41) is 9.13. The quantitative estimate of drug-likeness (QED) is 0.703. The van der Waals surface area contributed by atoms with Crippen molar-refractivity contribution in [2.75, 3.05) is 0 Å². The van der Waals surface area contributed by atoms with Gasteiger partial charge in [-0.15, -0.1) is 0 Å². The first-order valence-electron chi connectivity index (χ1n) is 4.66. The first-order valence-corrected chi connectivity index (χ1v) is 4.66. The molecule has 0 saturated heterocycles. The number of hydrogen-bond donors (Lipinski definition) is 2. The van der Waals surface area contributed by atoms with E-state index in [4.69, 9.17) is 10.8 Å². The van der Waals surface area contributed by atoms with Crippen LogP contribution in [0.1, 0.15) is 18.4 Å².